The van der Waals surface area contributed by atoms with Crippen LogP contribution in [-0.4, -0.2) is 70.9 Å². The lowest BCUT2D eigenvalue weighted by atomic mass is 9.63. The number of likely N-dealkylation sites (tertiary alicyclic amines) is 2. The molecule has 0 aliphatic carbocycles. The molecule has 2 aromatic rings. The maximum atomic E-state index is 13.2. The van der Waals surface area contributed by atoms with Crippen LogP contribution >= 0.6 is 0 Å². The van der Waals surface area contributed by atoms with Crippen LogP contribution in [0.3, 0.4) is 0 Å². The van der Waals surface area contributed by atoms with Crippen molar-refractivity contribution in [1.29, 1.82) is 5.41 Å². The van der Waals surface area contributed by atoms with Crippen molar-refractivity contribution in [3.63, 3.8) is 0 Å². The van der Waals surface area contributed by atoms with Gasteiger partial charge < -0.3 is 25.5 Å². The summed E-state index contributed by atoms with van der Waals surface area (Å²) in [6, 6.07) is 10.4. The van der Waals surface area contributed by atoms with Crippen molar-refractivity contribution >= 4 is 18.2 Å². The van der Waals surface area contributed by atoms with E-state index in [2.05, 4.69) is 21.3 Å². The summed E-state index contributed by atoms with van der Waals surface area (Å²) in [5.41, 5.74) is 2.03. The summed E-state index contributed by atoms with van der Waals surface area (Å²) in [7, 11) is 1.30. The Morgan fingerprint density at radius 3 is 2.57 bits per heavy atom. The monoisotopic (exact) mass is 507 g/mol. The summed E-state index contributed by atoms with van der Waals surface area (Å²) in [4.78, 5) is 34.1. The maximum Gasteiger partial charge on any atom is 0.329 e. The predicted molar refractivity (Wildman–Crippen MR) is 140 cm³/mol. The lowest BCUT2D eigenvalue weighted by Gasteiger charge is -2.60. The molecule has 0 radical (unpaired) electrons. The number of aromatic hydroxyl groups is 1. The number of hydrogen-bond donors (Lipinski definition) is 3. The van der Waals surface area contributed by atoms with Crippen molar-refractivity contribution < 1.29 is 19.4 Å². The first-order chi connectivity index (χ1) is 17.8. The second kappa shape index (κ2) is 11.3. The summed E-state index contributed by atoms with van der Waals surface area (Å²) >= 11 is 0. The van der Waals surface area contributed by atoms with Crippen molar-refractivity contribution in [1.82, 2.24) is 20.1 Å². The molecule has 1 aromatic heterocycles. The van der Waals surface area contributed by atoms with Crippen LogP contribution in [0.25, 0.3) is 0 Å². The Kier molecular flexibility index (Phi) is 8.12. The zero-order valence-electron chi connectivity index (χ0n) is 21.8. The molecular formula is C28H37N5O4. The molecule has 198 valence electrons. The highest BCUT2D eigenvalue weighted by molar-refractivity contribution is 5.86. The number of pyridine rings is 1. The van der Waals surface area contributed by atoms with E-state index in [9.17, 15) is 14.7 Å². The van der Waals surface area contributed by atoms with Gasteiger partial charge in [0.1, 0.15) is 11.8 Å². The van der Waals surface area contributed by atoms with Crippen molar-refractivity contribution in [2.75, 3.05) is 26.7 Å². The molecule has 4 rings (SSSR count). The number of ether oxygens (including phenoxy) is 1. The number of para-hydroxylation sites is 1. The third kappa shape index (κ3) is 5.46. The van der Waals surface area contributed by atoms with Gasteiger partial charge in [-0.2, -0.15) is 0 Å². The van der Waals surface area contributed by atoms with Gasteiger partial charge in [-0.1, -0.05) is 38.1 Å². The molecule has 2 saturated heterocycles. The number of phenols is 1. The Balaban J connectivity index is 1.46. The molecule has 37 heavy (non-hydrogen) atoms. The molecular weight excluding hydrogens is 470 g/mol. The highest BCUT2D eigenvalue weighted by Gasteiger charge is 2.54. The Morgan fingerprint density at radius 2 is 1.97 bits per heavy atom. The smallest absolute Gasteiger partial charge is 0.329 e. The van der Waals surface area contributed by atoms with E-state index in [0.717, 1.165) is 30.5 Å². The van der Waals surface area contributed by atoms with Crippen LogP contribution < -0.4 is 5.32 Å². The van der Waals surface area contributed by atoms with Crippen LogP contribution in [-0.2, 0) is 16.1 Å². The van der Waals surface area contributed by atoms with E-state index in [0.29, 0.717) is 25.4 Å². The molecule has 2 aliphatic heterocycles. The largest absolute Gasteiger partial charge is 0.508 e. The summed E-state index contributed by atoms with van der Waals surface area (Å²) in [6.07, 6.45) is 6.53. The Labute approximate surface area is 218 Å². The minimum Gasteiger partial charge on any atom is -0.508 e. The molecule has 9 nitrogen and oxygen atoms in total. The fraction of sp³-hybridized carbons (Fsp3) is 0.500. The summed E-state index contributed by atoms with van der Waals surface area (Å²) < 4.78 is 4.92. The van der Waals surface area contributed by atoms with Gasteiger partial charge in [0.25, 0.3) is 0 Å². The molecule has 9 heteroatoms. The Bertz CT molecular complexity index is 1100. The number of urea groups is 1. The first-order valence-corrected chi connectivity index (χ1v) is 12.8. The molecule has 3 atom stereocenters. The molecule has 0 bridgehead atoms. The Hall–Kier alpha value is -3.46. The number of hydrogen-bond acceptors (Lipinski definition) is 7. The summed E-state index contributed by atoms with van der Waals surface area (Å²) in [6.45, 7) is 6.47. The van der Waals surface area contributed by atoms with Gasteiger partial charge >= 0.3 is 12.0 Å². The number of piperidine rings is 1. The van der Waals surface area contributed by atoms with Crippen LogP contribution in [0, 0.1) is 22.7 Å². The van der Waals surface area contributed by atoms with E-state index in [1.165, 1.54) is 13.3 Å². The van der Waals surface area contributed by atoms with E-state index in [4.69, 9.17) is 10.1 Å². The number of amides is 2. The van der Waals surface area contributed by atoms with E-state index in [1.54, 1.807) is 17.2 Å². The molecule has 2 aliphatic rings. The Morgan fingerprint density at radius 1 is 1.24 bits per heavy atom. The van der Waals surface area contributed by atoms with Gasteiger partial charge in [-0.25, -0.2) is 9.59 Å². The number of rotatable bonds is 8. The lowest BCUT2D eigenvalue weighted by molar-refractivity contribution is -0.144. The average Bonchev–Trinajstić information content (AvgIpc) is 2.89. The van der Waals surface area contributed by atoms with Gasteiger partial charge in [0.2, 0.25) is 0 Å². The molecule has 1 aromatic carbocycles. The minimum absolute atomic E-state index is 0.00138. The quantitative estimate of drug-likeness (QED) is 0.371. The highest BCUT2D eigenvalue weighted by atomic mass is 16.5. The number of aromatic nitrogens is 1. The normalized spacial score (nSPS) is 20.6. The average molecular weight is 508 g/mol. The number of benzene rings is 1. The number of esters is 1. The first kappa shape index (κ1) is 26.6. The van der Waals surface area contributed by atoms with Gasteiger partial charge in [-0.15, -0.1) is 0 Å². The zero-order chi connectivity index (χ0) is 26.6. The van der Waals surface area contributed by atoms with E-state index in [1.807, 2.05) is 44.3 Å². The third-order valence-electron chi connectivity index (χ3n) is 7.96. The number of carbonyl (C=O) groups excluding carboxylic acids is 2. The van der Waals surface area contributed by atoms with E-state index >= 15 is 0 Å². The fourth-order valence-electron chi connectivity index (χ4n) is 5.89. The predicted octanol–water partition coefficient (Wildman–Crippen LogP) is 3.60. The number of methoxy groups -OCH3 is 1. The molecule has 0 saturated carbocycles. The molecule has 2 unspecified atom stereocenters. The van der Waals surface area contributed by atoms with Crippen molar-refractivity contribution in [2.45, 2.75) is 45.3 Å². The highest BCUT2D eigenvalue weighted by Crippen LogP contribution is 2.55. The van der Waals surface area contributed by atoms with E-state index < -0.39 is 17.9 Å². The second-order valence-electron chi connectivity index (χ2n) is 10.5. The van der Waals surface area contributed by atoms with Crippen molar-refractivity contribution in [3.8, 4) is 5.75 Å². The SMILES string of the molecule is COC(=O)[C@@H](NC(=O)N1CCC2(CC1)CN(Cc1ccccc1O)C2c1cccnc1)C(C=N)C(C)C. The molecule has 1 spiro atoms. The third-order valence-corrected chi connectivity index (χ3v) is 7.96. The van der Waals surface area contributed by atoms with Crippen LogP contribution in [0.1, 0.15) is 43.9 Å². The van der Waals surface area contributed by atoms with Gasteiger partial charge in [-0.05, 0) is 36.5 Å². The summed E-state index contributed by atoms with van der Waals surface area (Å²) in [5.74, 6) is -0.696. The fourth-order valence-corrected chi connectivity index (χ4v) is 5.89. The van der Waals surface area contributed by atoms with Gasteiger partial charge in [-0.3, -0.25) is 9.88 Å². The molecule has 3 heterocycles. The van der Waals surface area contributed by atoms with Gasteiger partial charge in [0.05, 0.1) is 7.11 Å². The minimum atomic E-state index is -0.897. The lowest BCUT2D eigenvalue weighted by Crippen LogP contribution is -2.63. The standard InChI is InChI=1S/C28H37N5O4/c1-19(2)22(15-29)24(26(35)37-3)31-27(36)32-13-10-28(11-14-32)18-33(17-21-7-4-5-9-23(21)34)25(28)20-8-6-12-30-16-20/h4-9,12,15-16,19,22,24-25,29,34H,10-11,13-14,17-18H2,1-3H3,(H,31,36)/t22?,24-,25?/m0/s1. The number of nitrogens with one attached hydrogen (secondary N) is 2. The number of phenolic OH excluding ortho intramolecular Hbond substituents is 1. The second-order valence-corrected chi connectivity index (χ2v) is 10.5. The van der Waals surface area contributed by atoms with Crippen molar-refractivity contribution in [2.24, 2.45) is 17.3 Å². The van der Waals surface area contributed by atoms with E-state index in [-0.39, 0.29) is 23.4 Å². The number of carbonyl (C=O) groups is 2. The maximum absolute atomic E-state index is 13.2. The van der Waals surface area contributed by atoms with Gasteiger partial charge in [0.15, 0.2) is 0 Å². The van der Waals surface area contributed by atoms with Crippen LogP contribution in [0.5, 0.6) is 5.75 Å². The van der Waals surface area contributed by atoms with Gasteiger partial charge in [0, 0.05) is 67.7 Å². The zero-order valence-corrected chi connectivity index (χ0v) is 21.8. The van der Waals surface area contributed by atoms with Crippen molar-refractivity contribution in [3.05, 3.63) is 59.9 Å². The molecule has 3 N–H and O–H groups in total. The topological polar surface area (TPSA) is 119 Å². The molecule has 2 fully saturated rings. The van der Waals surface area contributed by atoms with Crippen LogP contribution in [0.2, 0.25) is 0 Å². The van der Waals surface area contributed by atoms with Crippen LogP contribution in [0.4, 0.5) is 4.79 Å². The number of nitrogens with zero attached hydrogens (tertiary/aromatic N) is 3. The molecule has 2 amide bonds. The first-order valence-electron chi connectivity index (χ1n) is 12.8. The van der Waals surface area contributed by atoms with Crippen LogP contribution in [0.15, 0.2) is 48.8 Å². The summed E-state index contributed by atoms with van der Waals surface area (Å²) in [5, 5.41) is 20.9.